The van der Waals surface area contributed by atoms with Crippen molar-refractivity contribution in [2.45, 2.75) is 11.7 Å². The lowest BCUT2D eigenvalue weighted by molar-refractivity contribution is -0.131. The molecule has 2 aliphatic rings. The number of halogens is 3. The predicted octanol–water partition coefficient (Wildman–Crippen LogP) is 4.57. The number of thioether (sulfide) groups is 1. The van der Waals surface area contributed by atoms with Crippen LogP contribution in [-0.2, 0) is 4.79 Å². The van der Waals surface area contributed by atoms with E-state index in [1.807, 2.05) is 6.07 Å². The second-order valence-corrected chi connectivity index (χ2v) is 9.28. The Labute approximate surface area is 188 Å². The van der Waals surface area contributed by atoms with Crippen LogP contribution in [0, 0.1) is 11.6 Å². The Morgan fingerprint density at radius 3 is 2.74 bits per heavy atom. The van der Waals surface area contributed by atoms with Crippen LogP contribution in [0.4, 0.5) is 19.3 Å². The van der Waals surface area contributed by atoms with Crippen molar-refractivity contribution < 1.29 is 18.4 Å². The molecule has 2 aliphatic heterocycles. The first kappa shape index (κ1) is 21.9. The molecule has 0 saturated carbocycles. The number of rotatable bonds is 4. The molecule has 2 saturated heterocycles. The van der Waals surface area contributed by atoms with Crippen LogP contribution in [-0.4, -0.2) is 60.2 Å². The van der Waals surface area contributed by atoms with Gasteiger partial charge in [0.2, 0.25) is 5.91 Å². The number of benzene rings is 2. The molecule has 3 amide bonds. The molecule has 0 aromatic heterocycles. The third kappa shape index (κ3) is 4.96. The number of nitrogens with zero attached hydrogens (tertiary/aromatic N) is 3. The van der Waals surface area contributed by atoms with E-state index in [0.717, 1.165) is 12.1 Å². The Hall–Kier alpha value is -2.32. The van der Waals surface area contributed by atoms with E-state index in [1.54, 1.807) is 28.0 Å². The van der Waals surface area contributed by atoms with Gasteiger partial charge in [-0.3, -0.25) is 9.69 Å². The van der Waals surface area contributed by atoms with Crippen LogP contribution in [0.25, 0.3) is 0 Å². The van der Waals surface area contributed by atoms with Gasteiger partial charge in [0.15, 0.2) is 0 Å². The van der Waals surface area contributed by atoms with Crippen molar-refractivity contribution in [1.29, 1.82) is 0 Å². The topological polar surface area (TPSA) is 43.9 Å². The van der Waals surface area contributed by atoms with E-state index in [9.17, 15) is 18.4 Å². The Morgan fingerprint density at radius 2 is 1.94 bits per heavy atom. The molecule has 2 heterocycles. The molecule has 4 rings (SSSR count). The molecule has 2 fully saturated rings. The molecule has 1 atom stereocenters. The van der Waals surface area contributed by atoms with Crippen molar-refractivity contribution in [3.8, 4) is 0 Å². The molecule has 0 radical (unpaired) electrons. The third-order valence-corrected chi connectivity index (χ3v) is 7.09. The maximum absolute atomic E-state index is 14.1. The first-order chi connectivity index (χ1) is 14.9. The monoisotopic (exact) mass is 465 g/mol. The summed E-state index contributed by atoms with van der Waals surface area (Å²) in [5.41, 5.74) is 1.05. The average Bonchev–Trinajstić information content (AvgIpc) is 2.95. The van der Waals surface area contributed by atoms with Crippen LogP contribution in [0.15, 0.2) is 42.5 Å². The van der Waals surface area contributed by atoms with E-state index in [4.69, 9.17) is 11.6 Å². The quantitative estimate of drug-likeness (QED) is 0.664. The second kappa shape index (κ2) is 9.44. The fraction of sp³-hybridized carbons (Fsp3) is 0.364. The summed E-state index contributed by atoms with van der Waals surface area (Å²) in [6.07, 6.45) is 0.527. The molecule has 0 aliphatic carbocycles. The van der Waals surface area contributed by atoms with Gasteiger partial charge in [-0.2, -0.15) is 11.8 Å². The van der Waals surface area contributed by atoms with Gasteiger partial charge < -0.3 is 9.80 Å². The van der Waals surface area contributed by atoms with Gasteiger partial charge in [-0.05, 0) is 42.8 Å². The molecule has 31 heavy (non-hydrogen) atoms. The molecular formula is C22H22ClF2N3O2S. The SMILES string of the molecule is O=C(CN1CCN(c2cccc(Cl)c2)C1=O)N1CCSC(c2cc(F)ccc2F)CC1. The van der Waals surface area contributed by atoms with Crippen LogP contribution in [0.5, 0.6) is 0 Å². The fourth-order valence-corrected chi connectivity index (χ4v) is 5.33. The van der Waals surface area contributed by atoms with Crippen molar-refractivity contribution in [3.05, 3.63) is 64.7 Å². The Balaban J connectivity index is 1.36. The zero-order valence-electron chi connectivity index (χ0n) is 16.8. The predicted molar refractivity (Wildman–Crippen MR) is 119 cm³/mol. The lowest BCUT2D eigenvalue weighted by Gasteiger charge is -2.24. The van der Waals surface area contributed by atoms with Gasteiger partial charge in [-0.1, -0.05) is 17.7 Å². The molecule has 2 aromatic carbocycles. The summed E-state index contributed by atoms with van der Waals surface area (Å²) >= 11 is 7.55. The highest BCUT2D eigenvalue weighted by molar-refractivity contribution is 7.99. The Bertz CT molecular complexity index is 993. The minimum Gasteiger partial charge on any atom is -0.340 e. The number of carbonyl (C=O) groups excluding carboxylic acids is 2. The third-order valence-electron chi connectivity index (χ3n) is 5.54. The highest BCUT2D eigenvalue weighted by atomic mass is 35.5. The summed E-state index contributed by atoms with van der Waals surface area (Å²) in [7, 11) is 0. The number of anilines is 1. The maximum Gasteiger partial charge on any atom is 0.325 e. The van der Waals surface area contributed by atoms with E-state index in [1.165, 1.54) is 22.7 Å². The van der Waals surface area contributed by atoms with Crippen LogP contribution < -0.4 is 4.90 Å². The maximum atomic E-state index is 14.1. The number of hydrogen-bond acceptors (Lipinski definition) is 3. The van der Waals surface area contributed by atoms with Crippen LogP contribution in [0.3, 0.4) is 0 Å². The average molecular weight is 466 g/mol. The van der Waals surface area contributed by atoms with E-state index in [2.05, 4.69) is 0 Å². The lowest BCUT2D eigenvalue weighted by atomic mass is 10.1. The molecule has 164 valence electrons. The first-order valence-corrected chi connectivity index (χ1v) is 11.5. The Morgan fingerprint density at radius 1 is 1.10 bits per heavy atom. The zero-order chi connectivity index (χ0) is 22.0. The summed E-state index contributed by atoms with van der Waals surface area (Å²) in [6, 6.07) is 10.3. The van der Waals surface area contributed by atoms with E-state index in [0.29, 0.717) is 54.6 Å². The first-order valence-electron chi connectivity index (χ1n) is 10.1. The zero-order valence-corrected chi connectivity index (χ0v) is 18.3. The van der Waals surface area contributed by atoms with Crippen LogP contribution in [0.1, 0.15) is 17.2 Å². The summed E-state index contributed by atoms with van der Waals surface area (Å²) in [4.78, 5) is 30.5. The lowest BCUT2D eigenvalue weighted by Crippen LogP contribution is -2.43. The van der Waals surface area contributed by atoms with Gasteiger partial charge in [-0.15, -0.1) is 0 Å². The van der Waals surface area contributed by atoms with Gasteiger partial charge in [0.1, 0.15) is 18.2 Å². The summed E-state index contributed by atoms with van der Waals surface area (Å²) in [5.74, 6) is -0.412. The summed E-state index contributed by atoms with van der Waals surface area (Å²) < 4.78 is 27.7. The van der Waals surface area contributed by atoms with Gasteiger partial charge >= 0.3 is 6.03 Å². The van der Waals surface area contributed by atoms with Crippen molar-refractivity contribution in [2.24, 2.45) is 0 Å². The number of urea groups is 1. The van der Waals surface area contributed by atoms with Gasteiger partial charge in [0, 0.05) is 53.5 Å². The molecule has 9 heteroatoms. The highest BCUT2D eigenvalue weighted by Gasteiger charge is 2.33. The fourth-order valence-electron chi connectivity index (χ4n) is 3.91. The van der Waals surface area contributed by atoms with E-state index < -0.39 is 11.6 Å². The van der Waals surface area contributed by atoms with Crippen LogP contribution in [0.2, 0.25) is 5.02 Å². The molecule has 0 N–H and O–H groups in total. The number of carbonyl (C=O) groups is 2. The van der Waals surface area contributed by atoms with Crippen molar-refractivity contribution in [2.75, 3.05) is 43.4 Å². The molecule has 0 bridgehead atoms. The standard InChI is InChI=1S/C22H22ClF2N3O2S/c23-15-2-1-3-17(12-15)28-9-8-27(22(28)30)14-21(29)26-7-6-20(31-11-10-26)18-13-16(24)4-5-19(18)25/h1-5,12-13,20H,6-11,14H2. The van der Waals surface area contributed by atoms with E-state index in [-0.39, 0.29) is 23.7 Å². The molecule has 0 spiro atoms. The number of hydrogen-bond donors (Lipinski definition) is 0. The molecule has 1 unspecified atom stereocenters. The van der Waals surface area contributed by atoms with E-state index >= 15 is 0 Å². The van der Waals surface area contributed by atoms with Gasteiger partial charge in [0.25, 0.3) is 0 Å². The summed E-state index contributed by atoms with van der Waals surface area (Å²) in [6.45, 7) is 1.89. The second-order valence-electron chi connectivity index (χ2n) is 7.53. The van der Waals surface area contributed by atoms with Gasteiger partial charge in [-0.25, -0.2) is 13.6 Å². The molecular weight excluding hydrogens is 444 g/mol. The Kier molecular flexibility index (Phi) is 6.67. The van der Waals surface area contributed by atoms with Crippen molar-refractivity contribution in [1.82, 2.24) is 9.80 Å². The van der Waals surface area contributed by atoms with Crippen molar-refractivity contribution in [3.63, 3.8) is 0 Å². The highest BCUT2D eigenvalue weighted by Crippen LogP contribution is 2.36. The molecule has 5 nitrogen and oxygen atoms in total. The van der Waals surface area contributed by atoms with Crippen molar-refractivity contribution >= 4 is 41.0 Å². The normalized spacial score (nSPS) is 19.6. The molecule has 2 aromatic rings. The minimum atomic E-state index is -0.467. The smallest absolute Gasteiger partial charge is 0.325 e. The van der Waals surface area contributed by atoms with Crippen LogP contribution >= 0.6 is 23.4 Å². The minimum absolute atomic E-state index is 0.000438. The number of amides is 3. The largest absolute Gasteiger partial charge is 0.340 e. The van der Waals surface area contributed by atoms with Gasteiger partial charge in [0.05, 0.1) is 0 Å². The summed E-state index contributed by atoms with van der Waals surface area (Å²) in [5, 5.41) is 0.339.